The highest BCUT2D eigenvalue weighted by Crippen LogP contribution is 2.42. The van der Waals surface area contributed by atoms with E-state index in [1.165, 1.54) is 6.07 Å². The number of nitrogens with one attached hydrogen (secondary N) is 2. The molecule has 0 spiro atoms. The molecule has 0 saturated carbocycles. The molecule has 4 atom stereocenters. The smallest absolute Gasteiger partial charge is 0.216 e. The number of anilines is 1. The van der Waals surface area contributed by atoms with Crippen LogP contribution in [0.3, 0.4) is 0 Å². The number of hydrogen-bond donors (Lipinski definition) is 3. The van der Waals surface area contributed by atoms with Crippen molar-refractivity contribution >= 4 is 27.5 Å². The van der Waals surface area contributed by atoms with Crippen LogP contribution < -0.4 is 15.0 Å². The molecule has 2 bridgehead atoms. The third-order valence-electron chi connectivity index (χ3n) is 9.44. The van der Waals surface area contributed by atoms with Crippen LogP contribution in [-0.2, 0) is 0 Å². The molecule has 8 rings (SSSR count). The van der Waals surface area contributed by atoms with Crippen molar-refractivity contribution in [3.63, 3.8) is 0 Å². The lowest BCUT2D eigenvalue weighted by atomic mass is 9.95. The molecule has 40 heavy (non-hydrogen) atoms. The summed E-state index contributed by atoms with van der Waals surface area (Å²) in [4.78, 5) is 9.50. The zero-order valence-corrected chi connectivity index (χ0v) is 22.2. The van der Waals surface area contributed by atoms with E-state index in [9.17, 15) is 9.50 Å². The highest BCUT2D eigenvalue weighted by Gasteiger charge is 2.49. The van der Waals surface area contributed by atoms with Crippen molar-refractivity contribution in [2.45, 2.75) is 55.9 Å². The predicted octanol–water partition coefficient (Wildman–Crippen LogP) is 4.52. The Balaban J connectivity index is 1.25. The van der Waals surface area contributed by atoms with Crippen LogP contribution in [0.5, 0.6) is 11.6 Å². The highest BCUT2D eigenvalue weighted by atomic mass is 19.1. The molecule has 4 saturated heterocycles. The third-order valence-corrected chi connectivity index (χ3v) is 9.44. The third kappa shape index (κ3) is 3.83. The van der Waals surface area contributed by atoms with Crippen LogP contribution in [-0.4, -0.2) is 81.8 Å². The zero-order valence-electron chi connectivity index (χ0n) is 22.2. The van der Waals surface area contributed by atoms with E-state index in [1.54, 1.807) is 24.3 Å². The number of alkyl halides is 1. The Labute approximate surface area is 230 Å². The second-order valence-corrected chi connectivity index (χ2v) is 12.0. The van der Waals surface area contributed by atoms with E-state index >= 15 is 4.39 Å². The monoisotopic (exact) mass is 546 g/mol. The number of fused-ring (bicyclic) bond motifs is 5. The van der Waals surface area contributed by atoms with Gasteiger partial charge in [-0.3, -0.25) is 10.00 Å². The summed E-state index contributed by atoms with van der Waals surface area (Å²) in [5, 5.41) is 23.8. The first-order valence-electron chi connectivity index (χ1n) is 14.3. The molecule has 4 fully saturated rings. The maximum absolute atomic E-state index is 15.2. The molecule has 4 aliphatic heterocycles. The van der Waals surface area contributed by atoms with Gasteiger partial charge in [-0.05, 0) is 55.8 Å². The number of aromatic hydroxyl groups is 1. The molecule has 6 heterocycles. The number of nitrogens with zero attached hydrogens (tertiary/aromatic N) is 4. The number of ether oxygens (including phenoxy) is 1. The van der Waals surface area contributed by atoms with Gasteiger partial charge in [0, 0.05) is 60.5 Å². The minimum atomic E-state index is -0.833. The molecule has 0 radical (unpaired) electrons. The average Bonchev–Trinajstić information content (AvgIpc) is 3.68. The van der Waals surface area contributed by atoms with Crippen molar-refractivity contribution in [3.8, 4) is 22.9 Å². The van der Waals surface area contributed by atoms with Crippen molar-refractivity contribution in [2.24, 2.45) is 0 Å². The molecular formula is C30H32F2N6O2. The van der Waals surface area contributed by atoms with Gasteiger partial charge in [0.1, 0.15) is 35.6 Å². The van der Waals surface area contributed by atoms with Crippen molar-refractivity contribution in [2.75, 3.05) is 37.7 Å². The summed E-state index contributed by atoms with van der Waals surface area (Å²) in [6, 6.07) is 10.6. The number of pyridine rings is 1. The Kier molecular flexibility index (Phi) is 5.47. The summed E-state index contributed by atoms with van der Waals surface area (Å²) in [6.07, 6.45) is 3.86. The van der Waals surface area contributed by atoms with Gasteiger partial charge < -0.3 is 20.1 Å². The number of halogens is 2. The number of rotatable bonds is 5. The fraction of sp³-hybridized carbons (Fsp3) is 0.467. The topological polar surface area (TPSA) is 89.5 Å². The van der Waals surface area contributed by atoms with Crippen LogP contribution in [0.1, 0.15) is 32.1 Å². The molecule has 8 nitrogen and oxygen atoms in total. The van der Waals surface area contributed by atoms with Crippen LogP contribution in [0, 0.1) is 5.82 Å². The van der Waals surface area contributed by atoms with E-state index in [-0.39, 0.29) is 17.1 Å². The highest BCUT2D eigenvalue weighted by molar-refractivity contribution is 6.06. The quantitative estimate of drug-likeness (QED) is 0.339. The SMILES string of the molecule is Oc1cc(-c2n[nH]c3c(N4CC5CCC(C4)N5)nc(OC[C@@]45CCCN4C[C@H](F)C5)cc23)c2c(F)cccc2c1. The maximum atomic E-state index is 15.2. The first kappa shape index (κ1) is 24.3. The minimum Gasteiger partial charge on any atom is -0.508 e. The van der Waals surface area contributed by atoms with Crippen LogP contribution >= 0.6 is 0 Å². The van der Waals surface area contributed by atoms with Crippen LogP contribution in [0.25, 0.3) is 32.9 Å². The van der Waals surface area contributed by atoms with Gasteiger partial charge in [0.15, 0.2) is 5.82 Å². The number of aromatic amines is 1. The molecule has 0 aliphatic carbocycles. The lowest BCUT2D eigenvalue weighted by Crippen LogP contribution is -2.51. The summed E-state index contributed by atoms with van der Waals surface area (Å²) in [5.41, 5.74) is 1.48. The summed E-state index contributed by atoms with van der Waals surface area (Å²) in [7, 11) is 0. The average molecular weight is 547 g/mol. The Morgan fingerprint density at radius 3 is 2.83 bits per heavy atom. The van der Waals surface area contributed by atoms with E-state index in [1.807, 2.05) is 6.07 Å². The maximum Gasteiger partial charge on any atom is 0.216 e. The number of hydrogen-bond acceptors (Lipinski definition) is 7. The lowest BCUT2D eigenvalue weighted by molar-refractivity contribution is 0.111. The molecule has 4 aliphatic rings. The summed E-state index contributed by atoms with van der Waals surface area (Å²) in [6.45, 7) is 3.37. The standard InChI is InChI=1S/C30H32F2N6O2/c31-18-12-30(7-2-8-38(30)13-18)16-40-25-11-23-27(22-10-21(39)9-17-3-1-4-24(32)26(17)22)35-36-28(23)29(34-25)37-14-19-5-6-20(15-37)33-19/h1,3-4,9-11,18-20,33,39H,2,5-8,12-16H2,(H,35,36)/t18-,19?,20?,30+/m1/s1. The van der Waals surface area contributed by atoms with Crippen molar-refractivity contribution in [3.05, 3.63) is 42.2 Å². The minimum absolute atomic E-state index is 0.0381. The molecule has 208 valence electrons. The fourth-order valence-corrected chi connectivity index (χ4v) is 7.67. The molecular weight excluding hydrogens is 514 g/mol. The van der Waals surface area contributed by atoms with Gasteiger partial charge in [0.2, 0.25) is 5.88 Å². The van der Waals surface area contributed by atoms with Gasteiger partial charge >= 0.3 is 0 Å². The second-order valence-electron chi connectivity index (χ2n) is 12.0. The molecule has 4 aromatic rings. The largest absolute Gasteiger partial charge is 0.508 e. The number of benzene rings is 2. The molecule has 0 amide bonds. The van der Waals surface area contributed by atoms with E-state index < -0.39 is 6.17 Å². The zero-order chi connectivity index (χ0) is 27.0. The molecule has 3 N–H and O–H groups in total. The number of piperazine rings is 1. The predicted molar refractivity (Wildman–Crippen MR) is 149 cm³/mol. The first-order chi connectivity index (χ1) is 19.5. The van der Waals surface area contributed by atoms with Crippen LogP contribution in [0.2, 0.25) is 0 Å². The van der Waals surface area contributed by atoms with Gasteiger partial charge in [-0.2, -0.15) is 10.1 Å². The van der Waals surface area contributed by atoms with Crippen LogP contribution in [0.4, 0.5) is 14.6 Å². The fourth-order valence-electron chi connectivity index (χ4n) is 7.67. The van der Waals surface area contributed by atoms with Gasteiger partial charge in [0.05, 0.1) is 5.54 Å². The Hall–Kier alpha value is -3.50. The number of H-pyrrole nitrogens is 1. The summed E-state index contributed by atoms with van der Waals surface area (Å²) in [5.74, 6) is 0.862. The molecule has 10 heteroatoms. The van der Waals surface area contributed by atoms with Gasteiger partial charge in [-0.15, -0.1) is 0 Å². The van der Waals surface area contributed by atoms with E-state index in [4.69, 9.17) is 9.72 Å². The number of phenols is 1. The number of aromatic nitrogens is 3. The van der Waals surface area contributed by atoms with Gasteiger partial charge in [-0.25, -0.2) is 8.78 Å². The van der Waals surface area contributed by atoms with Gasteiger partial charge in [-0.1, -0.05) is 12.1 Å². The Bertz CT molecular complexity index is 1620. The van der Waals surface area contributed by atoms with E-state index in [0.717, 1.165) is 62.0 Å². The van der Waals surface area contributed by atoms with Crippen LogP contribution in [0.15, 0.2) is 36.4 Å². The van der Waals surface area contributed by atoms with E-state index in [0.29, 0.717) is 59.6 Å². The van der Waals surface area contributed by atoms with E-state index in [2.05, 4.69) is 25.3 Å². The Morgan fingerprint density at radius 2 is 1.98 bits per heavy atom. The number of phenolic OH excluding ortho intramolecular Hbond substituents is 1. The Morgan fingerprint density at radius 1 is 1.12 bits per heavy atom. The summed E-state index contributed by atoms with van der Waals surface area (Å²) < 4.78 is 36.0. The summed E-state index contributed by atoms with van der Waals surface area (Å²) >= 11 is 0. The van der Waals surface area contributed by atoms with Gasteiger partial charge in [0.25, 0.3) is 0 Å². The van der Waals surface area contributed by atoms with Crippen molar-refractivity contribution in [1.82, 2.24) is 25.4 Å². The molecule has 2 aromatic heterocycles. The second kappa shape index (κ2) is 9.01. The first-order valence-corrected chi connectivity index (χ1v) is 14.3. The van der Waals surface area contributed by atoms with Crippen molar-refractivity contribution < 1.29 is 18.6 Å². The molecule has 2 aromatic carbocycles. The lowest BCUT2D eigenvalue weighted by Gasteiger charge is -2.34. The van der Waals surface area contributed by atoms with Crippen molar-refractivity contribution in [1.29, 1.82) is 0 Å². The molecule has 2 unspecified atom stereocenters. The normalized spacial score (nSPS) is 28.1.